The van der Waals surface area contributed by atoms with Crippen LogP contribution in [0, 0.1) is 6.92 Å². The van der Waals surface area contributed by atoms with Gasteiger partial charge >= 0.3 is 0 Å². The molecule has 4 aromatic rings. The van der Waals surface area contributed by atoms with Gasteiger partial charge in [0.1, 0.15) is 18.2 Å². The number of ether oxygens (including phenoxy) is 1. The second-order valence-corrected chi connectivity index (χ2v) is 7.08. The Hall–Kier alpha value is -3.64. The van der Waals surface area contributed by atoms with Crippen molar-refractivity contribution in [2.45, 2.75) is 13.5 Å². The molecule has 0 aliphatic heterocycles. The Labute approximate surface area is 178 Å². The molecule has 2 aromatic heterocycles. The van der Waals surface area contributed by atoms with E-state index in [4.69, 9.17) is 16.3 Å². The number of aromatic nitrogens is 3. The summed E-state index contributed by atoms with van der Waals surface area (Å²) in [5.41, 5.74) is 3.62. The molecular formula is C23H19ClN4O2. The first-order valence-corrected chi connectivity index (χ1v) is 9.72. The molecule has 0 atom stereocenters. The summed E-state index contributed by atoms with van der Waals surface area (Å²) in [5, 5.41) is 3.51. The lowest BCUT2D eigenvalue weighted by atomic mass is 10.1. The third-order valence-electron chi connectivity index (χ3n) is 4.54. The van der Waals surface area contributed by atoms with Crippen LogP contribution in [-0.2, 0) is 6.61 Å². The number of aromatic amines is 1. The Balaban J connectivity index is 1.45. The number of pyridine rings is 1. The smallest absolute Gasteiger partial charge is 0.255 e. The van der Waals surface area contributed by atoms with Crippen LogP contribution in [0.3, 0.4) is 0 Å². The summed E-state index contributed by atoms with van der Waals surface area (Å²) in [6.07, 6.45) is 5.10. The maximum atomic E-state index is 12.7. The monoisotopic (exact) mass is 418 g/mol. The van der Waals surface area contributed by atoms with Crippen LogP contribution < -0.4 is 10.1 Å². The first kappa shape index (κ1) is 19.7. The number of hydrogen-bond donors (Lipinski definition) is 2. The zero-order chi connectivity index (χ0) is 20.9. The van der Waals surface area contributed by atoms with Gasteiger partial charge in [-0.25, -0.2) is 4.98 Å². The van der Waals surface area contributed by atoms with E-state index in [9.17, 15) is 4.79 Å². The van der Waals surface area contributed by atoms with Crippen LogP contribution in [0.2, 0.25) is 5.02 Å². The van der Waals surface area contributed by atoms with E-state index in [2.05, 4.69) is 20.3 Å². The maximum absolute atomic E-state index is 12.7. The molecular weight excluding hydrogens is 400 g/mol. The van der Waals surface area contributed by atoms with Gasteiger partial charge in [0.05, 0.1) is 10.7 Å². The van der Waals surface area contributed by atoms with Crippen molar-refractivity contribution < 1.29 is 9.53 Å². The lowest BCUT2D eigenvalue weighted by molar-refractivity contribution is 0.102. The average molecular weight is 419 g/mol. The fraction of sp³-hybridized carbons (Fsp3) is 0.0870. The van der Waals surface area contributed by atoms with Crippen LogP contribution in [0.15, 0.2) is 73.2 Å². The van der Waals surface area contributed by atoms with Gasteiger partial charge in [-0.2, -0.15) is 0 Å². The quantitative estimate of drug-likeness (QED) is 0.447. The second-order valence-electron chi connectivity index (χ2n) is 6.67. The topological polar surface area (TPSA) is 79.9 Å². The number of imidazole rings is 1. The number of aryl methyl sites for hydroxylation is 1. The predicted molar refractivity (Wildman–Crippen MR) is 117 cm³/mol. The minimum Gasteiger partial charge on any atom is -0.487 e. The first-order chi connectivity index (χ1) is 14.6. The summed E-state index contributed by atoms with van der Waals surface area (Å²) in [6, 6.07) is 16.3. The molecule has 2 aromatic carbocycles. The van der Waals surface area contributed by atoms with Crippen molar-refractivity contribution in [2.24, 2.45) is 0 Å². The van der Waals surface area contributed by atoms with Crippen molar-refractivity contribution in [1.82, 2.24) is 15.0 Å². The number of halogens is 1. The number of benzene rings is 2. The van der Waals surface area contributed by atoms with Gasteiger partial charge < -0.3 is 15.0 Å². The number of H-pyrrole nitrogens is 1. The van der Waals surface area contributed by atoms with E-state index in [1.807, 2.05) is 37.3 Å². The van der Waals surface area contributed by atoms with Crippen molar-refractivity contribution in [1.29, 1.82) is 0 Å². The van der Waals surface area contributed by atoms with E-state index in [0.717, 1.165) is 16.8 Å². The van der Waals surface area contributed by atoms with Crippen molar-refractivity contribution in [3.05, 3.63) is 95.0 Å². The summed E-state index contributed by atoms with van der Waals surface area (Å²) in [5.74, 6) is 1.09. The van der Waals surface area contributed by atoms with Crippen molar-refractivity contribution in [3.8, 4) is 17.1 Å². The normalized spacial score (nSPS) is 10.6. The molecule has 4 rings (SSSR count). The molecule has 0 saturated heterocycles. The lowest BCUT2D eigenvalue weighted by Gasteiger charge is -2.12. The van der Waals surface area contributed by atoms with Gasteiger partial charge in [-0.3, -0.25) is 9.78 Å². The van der Waals surface area contributed by atoms with E-state index in [1.165, 1.54) is 0 Å². The number of amides is 1. The van der Waals surface area contributed by atoms with Gasteiger partial charge in [0.25, 0.3) is 5.91 Å². The molecule has 0 unspecified atom stereocenters. The minimum atomic E-state index is -0.220. The number of nitrogens with zero attached hydrogens (tertiary/aromatic N) is 2. The van der Waals surface area contributed by atoms with E-state index in [0.29, 0.717) is 34.5 Å². The molecule has 0 radical (unpaired) electrons. The third kappa shape index (κ3) is 4.50. The molecule has 150 valence electrons. The third-order valence-corrected chi connectivity index (χ3v) is 4.86. The summed E-state index contributed by atoms with van der Waals surface area (Å²) in [4.78, 5) is 24.2. The first-order valence-electron chi connectivity index (χ1n) is 9.34. The minimum absolute atomic E-state index is 0.220. The number of hydrogen-bond acceptors (Lipinski definition) is 4. The molecule has 0 spiro atoms. The number of carbonyl (C=O) groups is 1. The SMILES string of the molecule is Cc1cc(Cl)c(-c2ncc[nH]2)cc1NC(=O)c1ccc(OCc2ccccn2)cc1. The Morgan fingerprint density at radius 2 is 1.93 bits per heavy atom. The molecule has 2 heterocycles. The Morgan fingerprint density at radius 1 is 1.10 bits per heavy atom. The molecule has 0 aliphatic carbocycles. The lowest BCUT2D eigenvalue weighted by Crippen LogP contribution is -2.13. The van der Waals surface area contributed by atoms with Crippen LogP contribution in [0.5, 0.6) is 5.75 Å². The fourth-order valence-electron chi connectivity index (χ4n) is 2.94. The molecule has 0 bridgehead atoms. The van der Waals surface area contributed by atoms with Crippen LogP contribution in [0.25, 0.3) is 11.4 Å². The summed E-state index contributed by atoms with van der Waals surface area (Å²) in [6.45, 7) is 2.26. The van der Waals surface area contributed by atoms with Crippen LogP contribution in [0.1, 0.15) is 21.6 Å². The molecule has 6 nitrogen and oxygen atoms in total. The average Bonchev–Trinajstić information content (AvgIpc) is 3.30. The molecule has 2 N–H and O–H groups in total. The number of rotatable bonds is 6. The Bertz CT molecular complexity index is 1140. The largest absolute Gasteiger partial charge is 0.487 e. The molecule has 7 heteroatoms. The van der Waals surface area contributed by atoms with Crippen LogP contribution in [0.4, 0.5) is 5.69 Å². The molecule has 0 saturated carbocycles. The fourth-order valence-corrected chi connectivity index (χ4v) is 3.25. The van der Waals surface area contributed by atoms with E-state index >= 15 is 0 Å². The van der Waals surface area contributed by atoms with Gasteiger partial charge in [0, 0.05) is 35.4 Å². The summed E-state index contributed by atoms with van der Waals surface area (Å²) >= 11 is 6.35. The van der Waals surface area contributed by atoms with Gasteiger partial charge in [0.2, 0.25) is 0 Å². The second kappa shape index (κ2) is 8.80. The van der Waals surface area contributed by atoms with E-state index in [1.54, 1.807) is 42.9 Å². The standard InChI is InChI=1S/C23H19ClN4O2/c1-15-12-20(24)19(22-26-10-11-27-22)13-21(15)28-23(29)16-5-7-18(8-6-16)30-14-17-4-2-3-9-25-17/h2-13H,14H2,1H3,(H,26,27)(H,28,29). The number of nitrogens with one attached hydrogen (secondary N) is 2. The number of anilines is 1. The van der Waals surface area contributed by atoms with Crippen LogP contribution >= 0.6 is 11.6 Å². The molecule has 0 aliphatic rings. The zero-order valence-electron chi connectivity index (χ0n) is 16.2. The highest BCUT2D eigenvalue weighted by molar-refractivity contribution is 6.33. The molecule has 1 amide bonds. The predicted octanol–water partition coefficient (Wildman–Crippen LogP) is 5.26. The van der Waals surface area contributed by atoms with Gasteiger partial charge in [-0.1, -0.05) is 17.7 Å². The summed E-state index contributed by atoms with van der Waals surface area (Å²) < 4.78 is 5.72. The van der Waals surface area contributed by atoms with Gasteiger partial charge in [-0.15, -0.1) is 0 Å². The number of carbonyl (C=O) groups excluding carboxylic acids is 1. The Morgan fingerprint density at radius 3 is 2.63 bits per heavy atom. The zero-order valence-corrected chi connectivity index (χ0v) is 17.0. The van der Waals surface area contributed by atoms with E-state index in [-0.39, 0.29) is 5.91 Å². The highest BCUT2D eigenvalue weighted by Crippen LogP contribution is 2.31. The van der Waals surface area contributed by atoms with Crippen molar-refractivity contribution in [3.63, 3.8) is 0 Å². The molecule has 30 heavy (non-hydrogen) atoms. The van der Waals surface area contributed by atoms with Gasteiger partial charge in [-0.05, 0) is 61.0 Å². The van der Waals surface area contributed by atoms with Crippen molar-refractivity contribution >= 4 is 23.2 Å². The maximum Gasteiger partial charge on any atom is 0.255 e. The van der Waals surface area contributed by atoms with Crippen LogP contribution in [-0.4, -0.2) is 20.9 Å². The summed E-state index contributed by atoms with van der Waals surface area (Å²) in [7, 11) is 0. The van der Waals surface area contributed by atoms with E-state index < -0.39 is 0 Å². The highest BCUT2D eigenvalue weighted by Gasteiger charge is 2.13. The van der Waals surface area contributed by atoms with Gasteiger partial charge in [0.15, 0.2) is 0 Å². The Kier molecular flexibility index (Phi) is 5.77. The molecule has 0 fully saturated rings. The highest BCUT2D eigenvalue weighted by atomic mass is 35.5. The van der Waals surface area contributed by atoms with Crippen molar-refractivity contribution in [2.75, 3.05) is 5.32 Å².